The highest BCUT2D eigenvalue weighted by molar-refractivity contribution is 6.30. The van der Waals surface area contributed by atoms with E-state index in [1.807, 2.05) is 12.1 Å². The van der Waals surface area contributed by atoms with E-state index in [0.29, 0.717) is 40.8 Å². The lowest BCUT2D eigenvalue weighted by Crippen LogP contribution is -2.42. The lowest BCUT2D eigenvalue weighted by Gasteiger charge is -2.35. The van der Waals surface area contributed by atoms with Gasteiger partial charge in [0.05, 0.1) is 25.3 Å². The predicted molar refractivity (Wildman–Crippen MR) is 128 cm³/mol. The zero-order chi connectivity index (χ0) is 24.0. The van der Waals surface area contributed by atoms with Crippen LogP contribution in [-0.4, -0.2) is 49.7 Å². The number of rotatable bonds is 9. The third kappa shape index (κ3) is 5.95. The zero-order valence-corrected chi connectivity index (χ0v) is 19.9. The fourth-order valence-electron chi connectivity index (χ4n) is 4.19. The fraction of sp³-hybridized carbons (Fsp3) is 0.385. The molecule has 33 heavy (non-hydrogen) atoms. The van der Waals surface area contributed by atoms with Gasteiger partial charge in [-0.1, -0.05) is 49.0 Å². The third-order valence-electron chi connectivity index (χ3n) is 6.01. The van der Waals surface area contributed by atoms with Crippen molar-refractivity contribution in [1.82, 2.24) is 4.90 Å². The molecule has 1 saturated heterocycles. The lowest BCUT2D eigenvalue weighted by atomic mass is 9.83. The second-order valence-corrected chi connectivity index (χ2v) is 8.51. The van der Waals surface area contributed by atoms with Crippen LogP contribution in [0.2, 0.25) is 5.02 Å². The monoisotopic (exact) mass is 471 g/mol. The molecule has 2 heterocycles. The number of esters is 1. The summed E-state index contributed by atoms with van der Waals surface area (Å²) in [4.78, 5) is 28.1. The van der Waals surface area contributed by atoms with Gasteiger partial charge in [0.2, 0.25) is 5.91 Å². The average molecular weight is 472 g/mol. The highest BCUT2D eigenvalue weighted by Crippen LogP contribution is 2.38. The van der Waals surface area contributed by atoms with Crippen LogP contribution in [0.3, 0.4) is 0 Å². The van der Waals surface area contributed by atoms with Gasteiger partial charge in [-0.3, -0.25) is 4.79 Å². The minimum atomic E-state index is -0.490. The first-order valence-electron chi connectivity index (χ1n) is 11.0. The molecule has 1 fully saturated rings. The van der Waals surface area contributed by atoms with Crippen molar-refractivity contribution in [2.45, 2.75) is 38.2 Å². The van der Waals surface area contributed by atoms with Crippen molar-refractivity contribution in [3.63, 3.8) is 0 Å². The minimum Gasteiger partial charge on any atom is -0.497 e. The molecular formula is C26H30ClNO5. The molecule has 1 amide bonds. The quantitative estimate of drug-likeness (QED) is 0.290. The maximum absolute atomic E-state index is 13.4. The van der Waals surface area contributed by atoms with Crippen LogP contribution >= 0.6 is 11.6 Å². The Hall–Kier alpha value is -2.83. The van der Waals surface area contributed by atoms with E-state index in [9.17, 15) is 9.59 Å². The Kier molecular flexibility index (Phi) is 8.53. The molecular weight excluding hydrogens is 442 g/mol. The Morgan fingerprint density at radius 2 is 2.06 bits per heavy atom. The van der Waals surface area contributed by atoms with Gasteiger partial charge in [-0.25, -0.2) is 4.79 Å². The molecule has 0 bridgehead atoms. The summed E-state index contributed by atoms with van der Waals surface area (Å²) in [6, 6.07) is 7.19. The Morgan fingerprint density at radius 1 is 1.33 bits per heavy atom. The number of benzene rings is 1. The maximum atomic E-state index is 13.4. The first kappa shape index (κ1) is 24.8. The predicted octanol–water partition coefficient (Wildman–Crippen LogP) is 4.92. The van der Waals surface area contributed by atoms with Crippen LogP contribution in [0, 0.1) is 0 Å². The first-order chi connectivity index (χ1) is 15.8. The van der Waals surface area contributed by atoms with Crippen molar-refractivity contribution in [2.75, 3.05) is 26.9 Å². The molecule has 1 aromatic carbocycles. The van der Waals surface area contributed by atoms with E-state index < -0.39 is 11.9 Å². The number of carbonyl (C=O) groups excluding carboxylic acids is 2. The van der Waals surface area contributed by atoms with Gasteiger partial charge >= 0.3 is 5.97 Å². The van der Waals surface area contributed by atoms with Crippen LogP contribution in [0.5, 0.6) is 0 Å². The summed E-state index contributed by atoms with van der Waals surface area (Å²) < 4.78 is 16.6. The smallest absolute Gasteiger partial charge is 0.336 e. The van der Waals surface area contributed by atoms with E-state index in [4.69, 9.17) is 25.8 Å². The standard InChI is InChI=1S/C26H30ClNO5/c1-5-7-20(18(3)31-4)16-33-26(30)25-17(2)28(15-22-8-6-13-32-22)24(29)14-23(25)19-9-11-21(27)12-10-19/h5,7,9-12,22-23H,1,3,6,8,13-16H2,2,4H3/b20-7-/t22-,23+/m1/s1. The number of hydrogen-bond donors (Lipinski definition) is 0. The number of carbonyl (C=O) groups is 2. The summed E-state index contributed by atoms with van der Waals surface area (Å²) in [6.07, 6.45) is 5.27. The molecule has 0 unspecified atom stereocenters. The van der Waals surface area contributed by atoms with Crippen LogP contribution in [0.25, 0.3) is 0 Å². The van der Waals surface area contributed by atoms with Crippen molar-refractivity contribution in [1.29, 1.82) is 0 Å². The molecule has 1 aromatic rings. The Bertz CT molecular complexity index is 973. The molecule has 2 atom stereocenters. The lowest BCUT2D eigenvalue weighted by molar-refractivity contribution is -0.139. The topological polar surface area (TPSA) is 65.1 Å². The van der Waals surface area contributed by atoms with Crippen LogP contribution in [-0.2, 0) is 23.8 Å². The van der Waals surface area contributed by atoms with Gasteiger partial charge in [0, 0.05) is 35.2 Å². The summed E-state index contributed by atoms with van der Waals surface area (Å²) in [5.74, 6) is -0.572. The summed E-state index contributed by atoms with van der Waals surface area (Å²) in [5, 5.41) is 0.586. The highest BCUT2D eigenvalue weighted by atomic mass is 35.5. The van der Waals surface area contributed by atoms with E-state index in [1.54, 1.807) is 36.1 Å². The normalized spacial score (nSPS) is 21.2. The van der Waals surface area contributed by atoms with E-state index in [1.165, 1.54) is 7.11 Å². The summed E-state index contributed by atoms with van der Waals surface area (Å²) in [7, 11) is 1.50. The molecule has 3 rings (SSSR count). The molecule has 0 aromatic heterocycles. The van der Waals surface area contributed by atoms with Gasteiger partial charge in [-0.2, -0.15) is 0 Å². The second kappa shape index (κ2) is 11.3. The van der Waals surface area contributed by atoms with Gasteiger partial charge in [0.25, 0.3) is 0 Å². The van der Waals surface area contributed by atoms with Crippen LogP contribution in [0.1, 0.15) is 37.7 Å². The van der Waals surface area contributed by atoms with Crippen molar-refractivity contribution >= 4 is 23.5 Å². The molecule has 0 spiro atoms. The summed E-state index contributed by atoms with van der Waals surface area (Å²) in [6.45, 7) is 10.4. The molecule has 176 valence electrons. The van der Waals surface area contributed by atoms with E-state index >= 15 is 0 Å². The molecule has 0 aliphatic carbocycles. The maximum Gasteiger partial charge on any atom is 0.336 e. The zero-order valence-electron chi connectivity index (χ0n) is 19.1. The first-order valence-corrected chi connectivity index (χ1v) is 11.3. The van der Waals surface area contributed by atoms with E-state index in [2.05, 4.69) is 13.2 Å². The summed E-state index contributed by atoms with van der Waals surface area (Å²) >= 11 is 6.06. The SMILES string of the molecule is C=C/C=C(/COC(=O)C1=C(C)N(C[C@H]2CCCO2)C(=O)C[C@H]1c1ccc(Cl)cc1)C(=C)OC. The number of nitrogens with zero attached hydrogens (tertiary/aromatic N) is 1. The van der Waals surface area contributed by atoms with Gasteiger partial charge < -0.3 is 19.1 Å². The number of amides is 1. The number of hydrogen-bond acceptors (Lipinski definition) is 5. The van der Waals surface area contributed by atoms with Crippen molar-refractivity contribution in [3.05, 3.63) is 82.8 Å². The van der Waals surface area contributed by atoms with Gasteiger partial charge in [0.15, 0.2) is 0 Å². The Balaban J connectivity index is 1.92. The molecule has 0 N–H and O–H groups in total. The molecule has 2 aliphatic rings. The fourth-order valence-corrected chi connectivity index (χ4v) is 4.31. The number of methoxy groups -OCH3 is 1. The Morgan fingerprint density at radius 3 is 2.67 bits per heavy atom. The molecule has 0 radical (unpaired) electrons. The van der Waals surface area contributed by atoms with E-state index in [0.717, 1.165) is 18.4 Å². The number of ether oxygens (including phenoxy) is 3. The van der Waals surface area contributed by atoms with Crippen LogP contribution in [0.4, 0.5) is 0 Å². The molecule has 7 heteroatoms. The van der Waals surface area contributed by atoms with Crippen molar-refractivity contribution in [3.8, 4) is 0 Å². The minimum absolute atomic E-state index is 0.0265. The molecule has 0 saturated carbocycles. The summed E-state index contributed by atoms with van der Waals surface area (Å²) in [5.41, 5.74) is 2.48. The second-order valence-electron chi connectivity index (χ2n) is 8.08. The van der Waals surface area contributed by atoms with Gasteiger partial charge in [0.1, 0.15) is 12.4 Å². The Labute approximate surface area is 200 Å². The molecule has 6 nitrogen and oxygen atoms in total. The molecule has 2 aliphatic heterocycles. The average Bonchev–Trinajstić information content (AvgIpc) is 3.32. The van der Waals surface area contributed by atoms with Crippen LogP contribution in [0.15, 0.2) is 72.2 Å². The van der Waals surface area contributed by atoms with Crippen molar-refractivity contribution < 1.29 is 23.8 Å². The van der Waals surface area contributed by atoms with E-state index in [-0.39, 0.29) is 25.0 Å². The highest BCUT2D eigenvalue weighted by Gasteiger charge is 2.38. The number of allylic oxidation sites excluding steroid dienone is 3. The van der Waals surface area contributed by atoms with Crippen LogP contribution < -0.4 is 0 Å². The largest absolute Gasteiger partial charge is 0.497 e. The van der Waals surface area contributed by atoms with Gasteiger partial charge in [-0.05, 0) is 37.5 Å². The van der Waals surface area contributed by atoms with Crippen molar-refractivity contribution in [2.24, 2.45) is 0 Å². The van der Waals surface area contributed by atoms with Gasteiger partial charge in [-0.15, -0.1) is 0 Å². The number of halogens is 1. The third-order valence-corrected chi connectivity index (χ3v) is 6.26.